The molecule has 0 unspecified atom stereocenters. The smallest absolute Gasteiger partial charge is 0.137 e. The van der Waals surface area contributed by atoms with Gasteiger partial charge < -0.3 is 0 Å². The van der Waals surface area contributed by atoms with Gasteiger partial charge in [-0.3, -0.25) is 9.98 Å². The first-order valence-electron chi connectivity index (χ1n) is 8.64. The van der Waals surface area contributed by atoms with E-state index in [9.17, 15) is 8.78 Å². The third-order valence-corrected chi connectivity index (χ3v) is 4.34. The molecule has 0 fully saturated rings. The molecule has 0 N–H and O–H groups in total. The summed E-state index contributed by atoms with van der Waals surface area (Å²) in [4.78, 5) is 8.94. The van der Waals surface area contributed by atoms with Gasteiger partial charge in [-0.2, -0.15) is 0 Å². The molecule has 0 radical (unpaired) electrons. The number of hydrogen-bond acceptors (Lipinski definition) is 2. The van der Waals surface area contributed by atoms with Gasteiger partial charge in [0.2, 0.25) is 0 Å². The number of aromatic nitrogens is 1. The largest absolute Gasteiger partial charge is 0.252 e. The van der Waals surface area contributed by atoms with Crippen molar-refractivity contribution >= 4 is 22.3 Å². The van der Waals surface area contributed by atoms with Crippen LogP contribution < -0.4 is 0 Å². The van der Waals surface area contributed by atoms with E-state index in [4.69, 9.17) is 0 Å². The number of allylic oxidation sites excluding steroid dienone is 6. The molecular formula is C23H24F2N2. The number of fused-ring (bicyclic) bond motifs is 1. The first-order chi connectivity index (χ1) is 12.6. The van der Waals surface area contributed by atoms with Crippen molar-refractivity contribution in [2.75, 3.05) is 0 Å². The standard InChI is InChI=1S/C23H24F2N2/c1-8-18(10-9-13(2)3)14(4)16(6)27-23-15(5)17(7)26-21-12-19(24)11-20(25)22(21)23/h8-12H,1,4H2,2-3,5-7H3/b18-10+,27-16?. The van der Waals surface area contributed by atoms with E-state index in [-0.39, 0.29) is 10.9 Å². The number of nitrogens with zero attached hydrogens (tertiary/aromatic N) is 2. The number of rotatable bonds is 5. The number of aryl methyl sites for hydroxylation is 1. The molecular weight excluding hydrogens is 342 g/mol. The van der Waals surface area contributed by atoms with Crippen LogP contribution in [0.2, 0.25) is 0 Å². The van der Waals surface area contributed by atoms with Gasteiger partial charge in [-0.1, -0.05) is 37.0 Å². The molecule has 0 saturated heterocycles. The Labute approximate surface area is 159 Å². The number of halogens is 2. The summed E-state index contributed by atoms with van der Waals surface area (Å²) in [6.45, 7) is 17.4. The molecule has 1 aromatic heterocycles. The maximum Gasteiger partial charge on any atom is 0.137 e. The molecule has 1 aromatic carbocycles. The predicted octanol–water partition coefficient (Wildman–Crippen LogP) is 6.86. The van der Waals surface area contributed by atoms with Crippen LogP contribution in [0.1, 0.15) is 32.0 Å². The Balaban J connectivity index is 2.67. The lowest BCUT2D eigenvalue weighted by Gasteiger charge is -2.12. The Bertz CT molecular complexity index is 1020. The summed E-state index contributed by atoms with van der Waals surface area (Å²) in [6, 6.07) is 2.07. The molecule has 0 aliphatic heterocycles. The van der Waals surface area contributed by atoms with E-state index in [2.05, 4.69) is 23.1 Å². The van der Waals surface area contributed by atoms with E-state index >= 15 is 0 Å². The van der Waals surface area contributed by atoms with Crippen LogP contribution >= 0.6 is 0 Å². The van der Waals surface area contributed by atoms with Crippen LogP contribution in [0.5, 0.6) is 0 Å². The fourth-order valence-corrected chi connectivity index (χ4v) is 2.64. The second-order valence-electron chi connectivity index (χ2n) is 6.70. The lowest BCUT2D eigenvalue weighted by molar-refractivity contribution is 0.591. The number of pyridine rings is 1. The maximum atomic E-state index is 14.5. The molecule has 0 aliphatic rings. The Morgan fingerprint density at radius 1 is 1.11 bits per heavy atom. The molecule has 1 heterocycles. The van der Waals surface area contributed by atoms with Gasteiger partial charge in [0.25, 0.3) is 0 Å². The van der Waals surface area contributed by atoms with Gasteiger partial charge in [-0.25, -0.2) is 8.78 Å². The average Bonchev–Trinajstić information content (AvgIpc) is 2.58. The molecule has 0 saturated carbocycles. The highest BCUT2D eigenvalue weighted by molar-refractivity contribution is 6.06. The summed E-state index contributed by atoms with van der Waals surface area (Å²) in [5, 5.41) is 0.208. The molecule has 2 aromatic rings. The first-order valence-corrected chi connectivity index (χ1v) is 8.64. The zero-order chi connectivity index (χ0) is 20.3. The van der Waals surface area contributed by atoms with Crippen LogP contribution in [-0.4, -0.2) is 10.7 Å². The topological polar surface area (TPSA) is 25.2 Å². The zero-order valence-electron chi connectivity index (χ0n) is 16.5. The van der Waals surface area contributed by atoms with E-state index in [1.165, 1.54) is 6.07 Å². The Morgan fingerprint density at radius 3 is 2.37 bits per heavy atom. The lowest BCUT2D eigenvalue weighted by atomic mass is 10.0. The van der Waals surface area contributed by atoms with Gasteiger partial charge in [0.1, 0.15) is 11.6 Å². The SMILES string of the molecule is C=C/C(=C\C=C(C)C)C(=C)C(C)=Nc1c(C)c(C)nc2cc(F)cc(F)c12. The third-order valence-electron chi connectivity index (χ3n) is 4.34. The van der Waals surface area contributed by atoms with Gasteiger partial charge in [0.05, 0.1) is 16.6 Å². The Hall–Kier alpha value is -2.88. The van der Waals surface area contributed by atoms with Crippen LogP contribution in [0.25, 0.3) is 10.9 Å². The van der Waals surface area contributed by atoms with Crippen molar-refractivity contribution in [2.45, 2.75) is 34.6 Å². The van der Waals surface area contributed by atoms with Gasteiger partial charge >= 0.3 is 0 Å². The van der Waals surface area contributed by atoms with Gasteiger partial charge in [-0.15, -0.1) is 0 Å². The quantitative estimate of drug-likeness (QED) is 0.419. The fourth-order valence-electron chi connectivity index (χ4n) is 2.64. The number of benzene rings is 1. The van der Waals surface area contributed by atoms with Crippen molar-refractivity contribution < 1.29 is 8.78 Å². The first kappa shape index (κ1) is 20.4. The molecule has 0 aliphatic carbocycles. The lowest BCUT2D eigenvalue weighted by Crippen LogP contribution is -2.00. The minimum Gasteiger partial charge on any atom is -0.252 e. The molecule has 0 bridgehead atoms. The minimum atomic E-state index is -0.679. The third kappa shape index (κ3) is 4.45. The Kier molecular flexibility index (Phi) is 6.21. The molecule has 140 valence electrons. The van der Waals surface area contributed by atoms with Gasteiger partial charge in [0.15, 0.2) is 0 Å². The Morgan fingerprint density at radius 2 is 1.78 bits per heavy atom. The molecule has 0 amide bonds. The van der Waals surface area contributed by atoms with Crippen molar-refractivity contribution in [3.63, 3.8) is 0 Å². The van der Waals surface area contributed by atoms with Crippen LogP contribution in [-0.2, 0) is 0 Å². The van der Waals surface area contributed by atoms with Crippen molar-refractivity contribution in [3.8, 4) is 0 Å². The molecule has 27 heavy (non-hydrogen) atoms. The molecule has 0 spiro atoms. The highest BCUT2D eigenvalue weighted by Gasteiger charge is 2.15. The summed E-state index contributed by atoms with van der Waals surface area (Å²) in [5.74, 6) is -1.34. The summed E-state index contributed by atoms with van der Waals surface area (Å²) in [6.07, 6.45) is 5.59. The summed E-state index contributed by atoms with van der Waals surface area (Å²) in [5.41, 5.74) is 5.40. The van der Waals surface area contributed by atoms with Crippen molar-refractivity contribution in [2.24, 2.45) is 4.99 Å². The molecule has 2 rings (SSSR count). The van der Waals surface area contributed by atoms with Crippen LogP contribution in [0.15, 0.2) is 65.2 Å². The normalized spacial score (nSPS) is 12.3. The summed E-state index contributed by atoms with van der Waals surface area (Å²) in [7, 11) is 0. The second kappa shape index (κ2) is 8.21. The zero-order valence-corrected chi connectivity index (χ0v) is 16.5. The molecule has 2 nitrogen and oxygen atoms in total. The maximum absolute atomic E-state index is 14.5. The van der Waals surface area contributed by atoms with Crippen LogP contribution in [0, 0.1) is 25.5 Å². The minimum absolute atomic E-state index is 0.208. The van der Waals surface area contributed by atoms with Crippen LogP contribution in [0.3, 0.4) is 0 Å². The molecule has 4 heteroatoms. The average molecular weight is 366 g/mol. The number of hydrogen-bond donors (Lipinski definition) is 0. The summed E-state index contributed by atoms with van der Waals surface area (Å²) < 4.78 is 28.1. The summed E-state index contributed by atoms with van der Waals surface area (Å²) >= 11 is 0. The van der Waals surface area contributed by atoms with E-state index in [0.717, 1.165) is 22.8 Å². The van der Waals surface area contributed by atoms with Gasteiger partial charge in [0, 0.05) is 23.5 Å². The molecule has 0 atom stereocenters. The highest BCUT2D eigenvalue weighted by Crippen LogP contribution is 2.34. The number of aliphatic imine (C=N–C) groups is 1. The van der Waals surface area contributed by atoms with E-state index in [1.54, 1.807) is 13.0 Å². The van der Waals surface area contributed by atoms with E-state index < -0.39 is 11.6 Å². The van der Waals surface area contributed by atoms with Crippen molar-refractivity contribution in [1.29, 1.82) is 0 Å². The fraction of sp³-hybridized carbons (Fsp3) is 0.217. The second-order valence-corrected chi connectivity index (χ2v) is 6.70. The monoisotopic (exact) mass is 366 g/mol. The van der Waals surface area contributed by atoms with E-state index in [1.807, 2.05) is 39.8 Å². The van der Waals surface area contributed by atoms with Crippen molar-refractivity contribution in [1.82, 2.24) is 4.98 Å². The van der Waals surface area contributed by atoms with Crippen LogP contribution in [0.4, 0.5) is 14.5 Å². The van der Waals surface area contributed by atoms with Gasteiger partial charge in [-0.05, 0) is 51.3 Å². The highest BCUT2D eigenvalue weighted by atomic mass is 19.1. The van der Waals surface area contributed by atoms with E-state index in [0.29, 0.717) is 22.7 Å². The predicted molar refractivity (Wildman–Crippen MR) is 111 cm³/mol. The van der Waals surface area contributed by atoms with Crippen molar-refractivity contribution in [3.05, 3.63) is 83.1 Å².